The van der Waals surface area contributed by atoms with Crippen LogP contribution in [0.15, 0.2) is 4.99 Å². The lowest BCUT2D eigenvalue weighted by Crippen LogP contribution is -2.38. The van der Waals surface area contributed by atoms with Gasteiger partial charge in [-0.1, -0.05) is 13.8 Å². The predicted octanol–water partition coefficient (Wildman–Crippen LogP) is 0.559. The van der Waals surface area contributed by atoms with E-state index in [0.717, 1.165) is 6.21 Å². The van der Waals surface area contributed by atoms with Crippen LogP contribution in [0.1, 0.15) is 33.1 Å². The molecule has 0 aliphatic heterocycles. The number of nitrogens with zero attached hydrogens (tertiary/aromatic N) is 1. The lowest BCUT2D eigenvalue weighted by Gasteiger charge is -2.30. The highest BCUT2D eigenvalue weighted by Gasteiger charge is 2.38. The number of aliphatic carboxylic acids is 2. The van der Waals surface area contributed by atoms with Crippen LogP contribution in [0, 0.1) is 11.3 Å². The van der Waals surface area contributed by atoms with Crippen LogP contribution in [0.2, 0.25) is 0 Å². The normalized spacial score (nSPS) is 21.1. The van der Waals surface area contributed by atoms with Gasteiger partial charge in [0.1, 0.15) is 17.5 Å². The van der Waals surface area contributed by atoms with Gasteiger partial charge in [0.15, 0.2) is 6.04 Å². The fourth-order valence-electron chi connectivity index (χ4n) is 2.13. The van der Waals surface area contributed by atoms with Gasteiger partial charge < -0.3 is 10.2 Å². The quantitative estimate of drug-likeness (QED) is 0.561. The van der Waals surface area contributed by atoms with E-state index in [-0.39, 0.29) is 24.4 Å². The molecule has 110 valence electrons. The zero-order valence-corrected chi connectivity index (χ0v) is 11.3. The van der Waals surface area contributed by atoms with Crippen molar-refractivity contribution in [3.05, 3.63) is 0 Å². The highest BCUT2D eigenvalue weighted by atomic mass is 16.4. The van der Waals surface area contributed by atoms with Crippen LogP contribution in [-0.2, 0) is 19.2 Å². The highest BCUT2D eigenvalue weighted by molar-refractivity contribution is 6.16. The molecule has 0 amide bonds. The fraction of sp³-hybridized carbons (Fsp3) is 0.615. The van der Waals surface area contributed by atoms with E-state index in [1.54, 1.807) is 13.8 Å². The van der Waals surface area contributed by atoms with Gasteiger partial charge in [-0.05, 0) is 5.41 Å². The molecule has 0 saturated heterocycles. The van der Waals surface area contributed by atoms with E-state index in [1.165, 1.54) is 0 Å². The number of ketones is 2. The van der Waals surface area contributed by atoms with Gasteiger partial charge in [-0.25, -0.2) is 4.79 Å². The molecule has 0 bridgehead atoms. The van der Waals surface area contributed by atoms with Gasteiger partial charge in [-0.3, -0.25) is 19.4 Å². The van der Waals surface area contributed by atoms with Crippen molar-refractivity contribution in [2.24, 2.45) is 16.3 Å². The van der Waals surface area contributed by atoms with Crippen LogP contribution in [-0.4, -0.2) is 46.0 Å². The summed E-state index contributed by atoms with van der Waals surface area (Å²) in [6, 6.07) is -1.48. The van der Waals surface area contributed by atoms with E-state index in [0.29, 0.717) is 0 Å². The van der Waals surface area contributed by atoms with Gasteiger partial charge in [0.2, 0.25) is 0 Å². The van der Waals surface area contributed by atoms with E-state index in [2.05, 4.69) is 4.99 Å². The Morgan fingerprint density at radius 1 is 1.30 bits per heavy atom. The number of carboxylic acids is 2. The summed E-state index contributed by atoms with van der Waals surface area (Å²) in [5, 5.41) is 17.4. The van der Waals surface area contributed by atoms with Crippen molar-refractivity contribution in [1.82, 2.24) is 0 Å². The van der Waals surface area contributed by atoms with Crippen molar-refractivity contribution in [3.63, 3.8) is 0 Å². The molecule has 1 atom stereocenters. The molecule has 1 fully saturated rings. The third-order valence-corrected chi connectivity index (χ3v) is 3.07. The monoisotopic (exact) mass is 283 g/mol. The Labute approximate surface area is 115 Å². The molecule has 0 aromatic rings. The Morgan fingerprint density at radius 2 is 1.80 bits per heavy atom. The second kappa shape index (κ2) is 5.94. The second-order valence-electron chi connectivity index (χ2n) is 5.68. The molecular weight excluding hydrogens is 266 g/mol. The van der Waals surface area contributed by atoms with E-state index in [1.807, 2.05) is 0 Å². The predicted molar refractivity (Wildman–Crippen MR) is 68.7 cm³/mol. The number of hydrogen-bond donors (Lipinski definition) is 2. The summed E-state index contributed by atoms with van der Waals surface area (Å²) in [5.74, 6) is -4.39. The molecular formula is C13H17NO6. The van der Waals surface area contributed by atoms with Gasteiger partial charge in [-0.2, -0.15) is 0 Å². The first kappa shape index (κ1) is 16.0. The maximum absolute atomic E-state index is 11.8. The molecule has 0 heterocycles. The van der Waals surface area contributed by atoms with Crippen molar-refractivity contribution in [2.75, 3.05) is 0 Å². The third kappa shape index (κ3) is 4.25. The molecule has 0 spiro atoms. The topological polar surface area (TPSA) is 121 Å². The van der Waals surface area contributed by atoms with E-state index in [4.69, 9.17) is 10.2 Å². The maximum Gasteiger partial charge on any atom is 0.329 e. The average Bonchev–Trinajstić information content (AvgIpc) is 2.23. The van der Waals surface area contributed by atoms with Crippen molar-refractivity contribution >= 4 is 29.7 Å². The minimum absolute atomic E-state index is 0.214. The second-order valence-corrected chi connectivity index (χ2v) is 5.68. The lowest BCUT2D eigenvalue weighted by atomic mass is 9.72. The SMILES string of the molecule is CC1(C)CC(=O)C(C=N[C@@H](CC(=O)O)C(=O)O)C(=O)C1. The van der Waals surface area contributed by atoms with E-state index >= 15 is 0 Å². The number of carbonyl (C=O) groups is 4. The standard InChI is InChI=1S/C13H17NO6/c1-13(2)4-9(15)7(10(16)5-13)6-14-8(12(19)20)3-11(17)18/h6-8H,3-5H2,1-2H3,(H,17,18)(H,19,20)/t8-/m0/s1. The molecule has 20 heavy (non-hydrogen) atoms. The van der Waals surface area contributed by atoms with Crippen molar-refractivity contribution in [2.45, 2.75) is 39.2 Å². The lowest BCUT2D eigenvalue weighted by molar-refractivity contribution is -0.144. The zero-order chi connectivity index (χ0) is 15.5. The van der Waals surface area contributed by atoms with Gasteiger partial charge in [0.05, 0.1) is 6.42 Å². The summed E-state index contributed by atoms with van der Waals surface area (Å²) in [4.78, 5) is 48.6. The Kier molecular flexibility index (Phi) is 4.75. The first-order chi connectivity index (χ1) is 9.12. The highest BCUT2D eigenvalue weighted by Crippen LogP contribution is 2.33. The fourth-order valence-corrected chi connectivity index (χ4v) is 2.13. The summed E-state index contributed by atoms with van der Waals surface area (Å²) in [7, 11) is 0. The van der Waals surface area contributed by atoms with Gasteiger partial charge >= 0.3 is 11.9 Å². The largest absolute Gasteiger partial charge is 0.481 e. The van der Waals surface area contributed by atoms with Crippen LogP contribution >= 0.6 is 0 Å². The Morgan fingerprint density at radius 3 is 2.20 bits per heavy atom. The van der Waals surface area contributed by atoms with Gasteiger partial charge in [-0.15, -0.1) is 0 Å². The molecule has 0 aromatic carbocycles. The van der Waals surface area contributed by atoms with Gasteiger partial charge in [0.25, 0.3) is 0 Å². The number of aliphatic imine (C=N–C) groups is 1. The smallest absolute Gasteiger partial charge is 0.329 e. The summed E-state index contributed by atoms with van der Waals surface area (Å²) >= 11 is 0. The zero-order valence-electron chi connectivity index (χ0n) is 11.3. The first-order valence-electron chi connectivity index (χ1n) is 6.16. The van der Waals surface area contributed by atoms with Crippen LogP contribution in [0.25, 0.3) is 0 Å². The minimum Gasteiger partial charge on any atom is -0.481 e. The number of carbonyl (C=O) groups excluding carboxylic acids is 2. The summed E-state index contributed by atoms with van der Waals surface area (Å²) < 4.78 is 0. The Bertz CT molecular complexity index is 459. The van der Waals surface area contributed by atoms with E-state index < -0.39 is 35.7 Å². The Balaban J connectivity index is 2.82. The molecule has 1 aliphatic rings. The maximum atomic E-state index is 11.8. The van der Waals surface area contributed by atoms with Crippen LogP contribution in [0.4, 0.5) is 0 Å². The summed E-state index contributed by atoms with van der Waals surface area (Å²) in [5.41, 5.74) is -0.397. The molecule has 1 aliphatic carbocycles. The van der Waals surface area contributed by atoms with Crippen molar-refractivity contribution < 1.29 is 29.4 Å². The van der Waals surface area contributed by atoms with Crippen molar-refractivity contribution in [3.8, 4) is 0 Å². The van der Waals surface area contributed by atoms with Crippen LogP contribution in [0.5, 0.6) is 0 Å². The molecule has 0 radical (unpaired) electrons. The number of hydrogen-bond acceptors (Lipinski definition) is 5. The number of Topliss-reactive ketones (excluding diaryl/α,β-unsaturated/α-hetero) is 2. The molecule has 7 heteroatoms. The van der Waals surface area contributed by atoms with Gasteiger partial charge in [0, 0.05) is 19.1 Å². The third-order valence-electron chi connectivity index (χ3n) is 3.07. The minimum atomic E-state index is -1.48. The summed E-state index contributed by atoms with van der Waals surface area (Å²) in [6.07, 6.45) is 0.728. The van der Waals surface area contributed by atoms with Crippen molar-refractivity contribution in [1.29, 1.82) is 0 Å². The molecule has 7 nitrogen and oxygen atoms in total. The molecule has 1 rings (SSSR count). The molecule has 2 N–H and O–H groups in total. The molecule has 0 unspecified atom stereocenters. The van der Waals surface area contributed by atoms with Crippen LogP contribution in [0.3, 0.4) is 0 Å². The number of rotatable bonds is 5. The Hall–Kier alpha value is -2.05. The molecule has 1 saturated carbocycles. The van der Waals surface area contributed by atoms with Crippen LogP contribution < -0.4 is 0 Å². The summed E-state index contributed by atoms with van der Waals surface area (Å²) in [6.45, 7) is 3.61. The first-order valence-corrected chi connectivity index (χ1v) is 6.16. The average molecular weight is 283 g/mol. The number of carboxylic acid groups (broad SMARTS) is 2. The van der Waals surface area contributed by atoms with E-state index in [9.17, 15) is 19.2 Å². The molecule has 0 aromatic heterocycles.